The Labute approximate surface area is 180 Å². The molecule has 168 valence electrons. The number of carbonyl (C=O) groups excluding carboxylic acids is 1. The van der Waals surface area contributed by atoms with Gasteiger partial charge in [-0.2, -0.15) is 13.2 Å². The van der Waals surface area contributed by atoms with Crippen molar-refractivity contribution < 1.29 is 22.4 Å². The first-order valence-corrected chi connectivity index (χ1v) is 9.70. The lowest BCUT2D eigenvalue weighted by atomic mass is 10.0. The number of carbonyl (C=O) groups is 1. The highest BCUT2D eigenvalue weighted by molar-refractivity contribution is 5.97. The standard InChI is InChI=1S/C20H19F4N7O/c1-11-3-4-14(6-15(11)17-25-7-13(21)8-26-17)28-18(32)16-5-12(20(22,23)24)9-31(16)19-27-10-30(2)29-19/h3-4,6-8,10,12,16H,5,9H2,1-2H3,(H,28,32)/t12-,16+/m1/s1. The number of hydrogen-bond acceptors (Lipinski definition) is 6. The third kappa shape index (κ3) is 4.39. The minimum Gasteiger partial charge on any atom is -0.327 e. The van der Waals surface area contributed by atoms with Crippen LogP contribution < -0.4 is 10.2 Å². The van der Waals surface area contributed by atoms with Crippen LogP contribution in [0.3, 0.4) is 0 Å². The number of nitrogens with one attached hydrogen (secondary N) is 1. The van der Waals surface area contributed by atoms with Crippen LogP contribution in [-0.4, -0.2) is 49.4 Å². The lowest BCUT2D eigenvalue weighted by Crippen LogP contribution is -2.40. The smallest absolute Gasteiger partial charge is 0.327 e. The second-order valence-electron chi connectivity index (χ2n) is 7.60. The number of nitrogens with zero attached hydrogens (tertiary/aromatic N) is 6. The average molecular weight is 449 g/mol. The van der Waals surface area contributed by atoms with Crippen molar-refractivity contribution in [1.29, 1.82) is 0 Å². The van der Waals surface area contributed by atoms with E-state index in [0.717, 1.165) is 18.0 Å². The Hall–Kier alpha value is -3.57. The van der Waals surface area contributed by atoms with Gasteiger partial charge in [0, 0.05) is 24.8 Å². The van der Waals surface area contributed by atoms with Crippen molar-refractivity contribution in [2.24, 2.45) is 13.0 Å². The zero-order valence-electron chi connectivity index (χ0n) is 17.1. The fraction of sp³-hybridized carbons (Fsp3) is 0.350. The van der Waals surface area contributed by atoms with Gasteiger partial charge >= 0.3 is 6.18 Å². The number of aryl methyl sites for hydroxylation is 2. The summed E-state index contributed by atoms with van der Waals surface area (Å²) in [5, 5.41) is 6.73. The average Bonchev–Trinajstić information content (AvgIpc) is 3.36. The topological polar surface area (TPSA) is 88.8 Å². The molecule has 0 spiro atoms. The summed E-state index contributed by atoms with van der Waals surface area (Å²) in [6.45, 7) is 1.39. The van der Waals surface area contributed by atoms with Gasteiger partial charge < -0.3 is 10.2 Å². The molecule has 1 amide bonds. The Morgan fingerprint density at radius 3 is 2.53 bits per heavy atom. The molecule has 1 aliphatic rings. The normalized spacial score (nSPS) is 18.8. The van der Waals surface area contributed by atoms with Gasteiger partial charge in [-0.1, -0.05) is 6.07 Å². The fourth-order valence-corrected chi connectivity index (χ4v) is 3.62. The number of amides is 1. The largest absolute Gasteiger partial charge is 0.393 e. The maximum Gasteiger partial charge on any atom is 0.393 e. The van der Waals surface area contributed by atoms with E-state index in [9.17, 15) is 22.4 Å². The van der Waals surface area contributed by atoms with Crippen LogP contribution in [0.4, 0.5) is 29.2 Å². The second kappa shape index (κ2) is 8.17. The summed E-state index contributed by atoms with van der Waals surface area (Å²) in [5.41, 5.74) is 1.70. The summed E-state index contributed by atoms with van der Waals surface area (Å²) in [4.78, 5) is 26.2. The SMILES string of the molecule is Cc1ccc(NC(=O)[C@@H]2C[C@@H](C(F)(F)F)CN2c2ncn(C)n2)cc1-c1ncc(F)cn1. The summed E-state index contributed by atoms with van der Waals surface area (Å²) in [7, 11) is 1.59. The molecule has 0 radical (unpaired) electrons. The number of hydrogen-bond donors (Lipinski definition) is 1. The molecule has 3 aromatic rings. The molecule has 32 heavy (non-hydrogen) atoms. The van der Waals surface area contributed by atoms with Gasteiger partial charge in [0.1, 0.15) is 12.4 Å². The van der Waals surface area contributed by atoms with Gasteiger partial charge in [0.15, 0.2) is 11.6 Å². The van der Waals surface area contributed by atoms with E-state index in [1.165, 1.54) is 15.9 Å². The predicted molar refractivity (Wildman–Crippen MR) is 107 cm³/mol. The van der Waals surface area contributed by atoms with Crippen molar-refractivity contribution >= 4 is 17.5 Å². The van der Waals surface area contributed by atoms with Crippen LogP contribution >= 0.6 is 0 Å². The molecule has 1 N–H and O–H groups in total. The van der Waals surface area contributed by atoms with Crippen LogP contribution in [0.2, 0.25) is 0 Å². The van der Waals surface area contributed by atoms with E-state index in [-0.39, 0.29) is 11.8 Å². The van der Waals surface area contributed by atoms with Crippen molar-refractivity contribution in [1.82, 2.24) is 24.7 Å². The lowest BCUT2D eigenvalue weighted by molar-refractivity contribution is -0.168. The van der Waals surface area contributed by atoms with Gasteiger partial charge in [-0.05, 0) is 31.0 Å². The Morgan fingerprint density at radius 2 is 1.91 bits per heavy atom. The van der Waals surface area contributed by atoms with E-state index in [2.05, 4.69) is 25.4 Å². The van der Waals surface area contributed by atoms with E-state index in [1.807, 2.05) is 0 Å². The molecule has 2 atom stereocenters. The molecule has 3 heterocycles. The molecule has 0 unspecified atom stereocenters. The second-order valence-corrected chi connectivity index (χ2v) is 7.60. The first kappa shape index (κ1) is 21.7. The van der Waals surface area contributed by atoms with Crippen molar-refractivity contribution in [3.63, 3.8) is 0 Å². The van der Waals surface area contributed by atoms with Crippen LogP contribution in [0, 0.1) is 18.7 Å². The molecule has 12 heteroatoms. The van der Waals surface area contributed by atoms with Crippen LogP contribution in [0.25, 0.3) is 11.4 Å². The molecule has 2 aromatic heterocycles. The number of alkyl halides is 3. The molecule has 0 saturated carbocycles. The van der Waals surface area contributed by atoms with Crippen LogP contribution in [0.5, 0.6) is 0 Å². The molecule has 4 rings (SSSR count). The molecular weight excluding hydrogens is 430 g/mol. The highest BCUT2D eigenvalue weighted by Gasteiger charge is 2.50. The number of aromatic nitrogens is 5. The van der Waals surface area contributed by atoms with E-state index >= 15 is 0 Å². The highest BCUT2D eigenvalue weighted by atomic mass is 19.4. The van der Waals surface area contributed by atoms with Crippen LogP contribution in [0.1, 0.15) is 12.0 Å². The van der Waals surface area contributed by atoms with Gasteiger partial charge in [0.2, 0.25) is 11.9 Å². The fourth-order valence-electron chi connectivity index (χ4n) is 3.62. The quantitative estimate of drug-likeness (QED) is 0.616. The van der Waals surface area contributed by atoms with Crippen LogP contribution in [-0.2, 0) is 11.8 Å². The molecule has 8 nitrogen and oxygen atoms in total. The van der Waals surface area contributed by atoms with E-state index in [1.54, 1.807) is 32.2 Å². The molecule has 1 aliphatic heterocycles. The summed E-state index contributed by atoms with van der Waals surface area (Å²) in [6.07, 6.45) is -1.44. The van der Waals surface area contributed by atoms with E-state index in [0.29, 0.717) is 11.3 Å². The van der Waals surface area contributed by atoms with Crippen LogP contribution in [0.15, 0.2) is 36.9 Å². The zero-order valence-corrected chi connectivity index (χ0v) is 17.1. The van der Waals surface area contributed by atoms with E-state index < -0.39 is 42.8 Å². The molecular formula is C20H19F4N7O. The first-order chi connectivity index (χ1) is 15.1. The number of halogens is 4. The maximum atomic E-state index is 13.4. The third-order valence-corrected chi connectivity index (χ3v) is 5.28. The number of benzene rings is 1. The first-order valence-electron chi connectivity index (χ1n) is 9.70. The van der Waals surface area contributed by atoms with E-state index in [4.69, 9.17) is 0 Å². The number of anilines is 2. The Kier molecular flexibility index (Phi) is 5.53. The minimum atomic E-state index is -4.45. The summed E-state index contributed by atoms with van der Waals surface area (Å²) in [5.74, 6) is -2.55. The third-order valence-electron chi connectivity index (χ3n) is 5.28. The minimum absolute atomic E-state index is 0.0590. The van der Waals surface area contributed by atoms with Crippen molar-refractivity contribution in [3.05, 3.63) is 48.3 Å². The Bertz CT molecular complexity index is 1130. The van der Waals surface area contributed by atoms with Gasteiger partial charge in [-0.3, -0.25) is 9.48 Å². The Balaban J connectivity index is 1.59. The summed E-state index contributed by atoms with van der Waals surface area (Å²) in [6, 6.07) is 3.83. The van der Waals surface area contributed by atoms with Gasteiger partial charge in [-0.15, -0.1) is 5.10 Å². The van der Waals surface area contributed by atoms with Gasteiger partial charge in [0.25, 0.3) is 0 Å². The molecule has 0 aliphatic carbocycles. The monoisotopic (exact) mass is 449 g/mol. The summed E-state index contributed by atoms with van der Waals surface area (Å²) >= 11 is 0. The molecule has 1 saturated heterocycles. The lowest BCUT2D eigenvalue weighted by Gasteiger charge is -2.22. The van der Waals surface area contributed by atoms with Gasteiger partial charge in [0.05, 0.1) is 18.3 Å². The predicted octanol–water partition coefficient (Wildman–Crippen LogP) is 3.12. The molecule has 1 fully saturated rings. The van der Waals surface area contributed by atoms with Crippen molar-refractivity contribution in [2.45, 2.75) is 25.6 Å². The molecule has 0 bridgehead atoms. The van der Waals surface area contributed by atoms with Crippen molar-refractivity contribution in [3.8, 4) is 11.4 Å². The molecule has 1 aromatic carbocycles. The van der Waals surface area contributed by atoms with Crippen molar-refractivity contribution in [2.75, 3.05) is 16.8 Å². The maximum absolute atomic E-state index is 13.4. The number of rotatable bonds is 4. The van der Waals surface area contributed by atoms with Gasteiger partial charge in [-0.25, -0.2) is 19.3 Å². The highest BCUT2D eigenvalue weighted by Crippen LogP contribution is 2.38. The summed E-state index contributed by atoms with van der Waals surface area (Å²) < 4.78 is 54.7. The zero-order chi connectivity index (χ0) is 23.0. The Morgan fingerprint density at radius 1 is 1.19 bits per heavy atom.